The molecule has 6 heteroatoms. The fourth-order valence-corrected chi connectivity index (χ4v) is 3.48. The average Bonchev–Trinajstić information content (AvgIpc) is 3.20. The van der Waals surface area contributed by atoms with Gasteiger partial charge < -0.3 is 4.90 Å². The number of H-pyrrole nitrogens is 1. The predicted octanol–water partition coefficient (Wildman–Crippen LogP) is 3.93. The smallest absolute Gasteiger partial charge is 0.254 e. The van der Waals surface area contributed by atoms with E-state index in [2.05, 4.69) is 46.4 Å². The van der Waals surface area contributed by atoms with Crippen LogP contribution in [0, 0.1) is 0 Å². The molecule has 1 heterocycles. The van der Waals surface area contributed by atoms with Gasteiger partial charge in [0.1, 0.15) is 6.33 Å². The van der Waals surface area contributed by atoms with Gasteiger partial charge in [-0.15, -0.1) is 0 Å². The highest BCUT2D eigenvalue weighted by atomic mass is 32.2. The molecule has 134 valence electrons. The summed E-state index contributed by atoms with van der Waals surface area (Å²) >= 11 is 1.53. The Balaban J connectivity index is 1.69. The van der Waals surface area contributed by atoms with E-state index in [4.69, 9.17) is 0 Å². The fraction of sp³-hybridized carbons (Fsp3) is 0.250. The number of nitrogens with zero attached hydrogens (tertiary/aromatic N) is 3. The van der Waals surface area contributed by atoms with Gasteiger partial charge in [-0.25, -0.2) is 4.98 Å². The summed E-state index contributed by atoms with van der Waals surface area (Å²) in [7, 11) is 1.84. The number of benzene rings is 2. The van der Waals surface area contributed by atoms with Gasteiger partial charge in [0, 0.05) is 24.9 Å². The number of carbonyl (C=O) groups is 1. The third-order valence-corrected chi connectivity index (χ3v) is 5.13. The summed E-state index contributed by atoms with van der Waals surface area (Å²) in [5.74, 6) is 0.689. The number of rotatable bonds is 7. The van der Waals surface area contributed by atoms with Crippen LogP contribution in [0.2, 0.25) is 0 Å². The van der Waals surface area contributed by atoms with Gasteiger partial charge in [-0.2, -0.15) is 5.10 Å². The van der Waals surface area contributed by atoms with E-state index < -0.39 is 0 Å². The second kappa shape index (κ2) is 8.67. The van der Waals surface area contributed by atoms with Crippen LogP contribution >= 0.6 is 11.8 Å². The standard InChI is InChI=1S/C20H22N4OS/c1-3-15-8-10-16(11-9-15)12-24(2)19(25)18-7-5-4-6-17(18)13-26-20-21-14-22-23-20/h4-11,14H,3,12-13H2,1-2H3,(H,21,22,23). The van der Waals surface area contributed by atoms with Gasteiger partial charge in [-0.3, -0.25) is 9.89 Å². The van der Waals surface area contributed by atoms with Crippen LogP contribution < -0.4 is 0 Å². The largest absolute Gasteiger partial charge is 0.337 e. The molecule has 0 aliphatic rings. The van der Waals surface area contributed by atoms with Gasteiger partial charge in [0.25, 0.3) is 5.91 Å². The molecule has 1 aromatic heterocycles. The van der Waals surface area contributed by atoms with Gasteiger partial charge in [-0.05, 0) is 29.2 Å². The number of aromatic amines is 1. The van der Waals surface area contributed by atoms with E-state index in [1.165, 1.54) is 23.7 Å². The van der Waals surface area contributed by atoms with Crippen LogP contribution in [0.1, 0.15) is 34.0 Å². The zero-order valence-corrected chi connectivity index (χ0v) is 15.8. The zero-order valence-electron chi connectivity index (χ0n) is 15.0. The first-order valence-corrected chi connectivity index (χ1v) is 9.55. The molecule has 0 saturated heterocycles. The third kappa shape index (κ3) is 4.52. The Morgan fingerprint density at radius 1 is 1.12 bits per heavy atom. The molecule has 2 aromatic carbocycles. The summed E-state index contributed by atoms with van der Waals surface area (Å²) < 4.78 is 0. The second-order valence-electron chi connectivity index (χ2n) is 6.07. The molecule has 0 unspecified atom stereocenters. The molecule has 0 aliphatic carbocycles. The van der Waals surface area contributed by atoms with Crippen LogP contribution in [-0.4, -0.2) is 33.0 Å². The summed E-state index contributed by atoms with van der Waals surface area (Å²) in [6, 6.07) is 16.2. The number of amides is 1. The zero-order chi connectivity index (χ0) is 18.4. The van der Waals surface area contributed by atoms with Crippen molar-refractivity contribution in [1.82, 2.24) is 20.1 Å². The Morgan fingerprint density at radius 2 is 1.85 bits per heavy atom. The van der Waals surface area contributed by atoms with E-state index in [-0.39, 0.29) is 5.91 Å². The van der Waals surface area contributed by atoms with Crippen LogP contribution in [0.15, 0.2) is 60.0 Å². The van der Waals surface area contributed by atoms with E-state index in [9.17, 15) is 4.79 Å². The summed E-state index contributed by atoms with van der Waals surface area (Å²) in [6.45, 7) is 2.73. The minimum Gasteiger partial charge on any atom is -0.337 e. The summed E-state index contributed by atoms with van der Waals surface area (Å²) in [6.07, 6.45) is 2.50. The van der Waals surface area contributed by atoms with Crippen molar-refractivity contribution in [2.24, 2.45) is 0 Å². The van der Waals surface area contributed by atoms with Crippen LogP contribution in [0.3, 0.4) is 0 Å². The number of carbonyl (C=O) groups excluding carboxylic acids is 1. The number of aryl methyl sites for hydroxylation is 1. The lowest BCUT2D eigenvalue weighted by atomic mass is 10.1. The van der Waals surface area contributed by atoms with Crippen molar-refractivity contribution >= 4 is 17.7 Å². The lowest BCUT2D eigenvalue weighted by molar-refractivity contribution is 0.0784. The Hall–Kier alpha value is -2.60. The van der Waals surface area contributed by atoms with Crippen molar-refractivity contribution in [3.63, 3.8) is 0 Å². The number of thioether (sulfide) groups is 1. The minimum absolute atomic E-state index is 0.0262. The highest BCUT2D eigenvalue weighted by molar-refractivity contribution is 7.98. The van der Waals surface area contributed by atoms with Crippen LogP contribution in [0.5, 0.6) is 0 Å². The summed E-state index contributed by atoms with van der Waals surface area (Å²) in [4.78, 5) is 18.8. The monoisotopic (exact) mass is 366 g/mol. The van der Waals surface area contributed by atoms with Gasteiger partial charge in [0.2, 0.25) is 0 Å². The van der Waals surface area contributed by atoms with Crippen LogP contribution in [-0.2, 0) is 18.7 Å². The molecule has 0 radical (unpaired) electrons. The van der Waals surface area contributed by atoms with E-state index in [0.717, 1.165) is 28.3 Å². The first-order valence-electron chi connectivity index (χ1n) is 8.56. The number of nitrogens with one attached hydrogen (secondary N) is 1. The maximum absolute atomic E-state index is 12.9. The van der Waals surface area contributed by atoms with Crippen LogP contribution in [0.4, 0.5) is 0 Å². The molecule has 3 aromatic rings. The molecule has 1 N–H and O–H groups in total. The minimum atomic E-state index is 0.0262. The highest BCUT2D eigenvalue weighted by Crippen LogP contribution is 2.22. The van der Waals surface area contributed by atoms with E-state index in [0.29, 0.717) is 12.3 Å². The Morgan fingerprint density at radius 3 is 2.54 bits per heavy atom. The number of hydrogen-bond donors (Lipinski definition) is 1. The average molecular weight is 366 g/mol. The highest BCUT2D eigenvalue weighted by Gasteiger charge is 2.16. The molecular formula is C20H22N4OS. The molecule has 0 aliphatic heterocycles. The van der Waals surface area contributed by atoms with Crippen molar-refractivity contribution in [3.05, 3.63) is 77.1 Å². The quantitative estimate of drug-likeness (QED) is 0.644. The molecule has 26 heavy (non-hydrogen) atoms. The Kier molecular flexibility index (Phi) is 6.07. The number of hydrogen-bond acceptors (Lipinski definition) is 4. The normalized spacial score (nSPS) is 10.7. The maximum Gasteiger partial charge on any atom is 0.254 e. The van der Waals surface area contributed by atoms with E-state index in [1.807, 2.05) is 31.3 Å². The van der Waals surface area contributed by atoms with Crippen molar-refractivity contribution in [3.8, 4) is 0 Å². The molecule has 0 saturated carbocycles. The first kappa shape index (κ1) is 18.2. The SMILES string of the molecule is CCc1ccc(CN(C)C(=O)c2ccccc2CSc2ncn[nH]2)cc1. The topological polar surface area (TPSA) is 61.9 Å². The van der Waals surface area contributed by atoms with Crippen molar-refractivity contribution in [2.45, 2.75) is 30.8 Å². The first-order chi connectivity index (χ1) is 12.7. The lowest BCUT2D eigenvalue weighted by Gasteiger charge is -2.19. The number of aromatic nitrogens is 3. The molecule has 0 fully saturated rings. The van der Waals surface area contributed by atoms with Gasteiger partial charge >= 0.3 is 0 Å². The lowest BCUT2D eigenvalue weighted by Crippen LogP contribution is -2.27. The summed E-state index contributed by atoms with van der Waals surface area (Å²) in [5.41, 5.74) is 4.16. The maximum atomic E-state index is 12.9. The van der Waals surface area contributed by atoms with Gasteiger partial charge in [0.05, 0.1) is 0 Å². The van der Waals surface area contributed by atoms with Gasteiger partial charge in [-0.1, -0.05) is 61.2 Å². The molecule has 0 atom stereocenters. The Labute approximate surface area is 157 Å². The Bertz CT molecular complexity index is 847. The molecule has 0 bridgehead atoms. The van der Waals surface area contributed by atoms with Crippen molar-refractivity contribution < 1.29 is 4.79 Å². The summed E-state index contributed by atoms with van der Waals surface area (Å²) in [5, 5.41) is 7.42. The second-order valence-corrected chi connectivity index (χ2v) is 7.03. The fourth-order valence-electron chi connectivity index (χ4n) is 2.70. The van der Waals surface area contributed by atoms with Crippen molar-refractivity contribution in [2.75, 3.05) is 7.05 Å². The van der Waals surface area contributed by atoms with E-state index >= 15 is 0 Å². The van der Waals surface area contributed by atoms with Crippen molar-refractivity contribution in [1.29, 1.82) is 0 Å². The van der Waals surface area contributed by atoms with Gasteiger partial charge in [0.15, 0.2) is 5.16 Å². The third-order valence-electron chi connectivity index (χ3n) is 4.20. The van der Waals surface area contributed by atoms with E-state index in [1.54, 1.807) is 4.90 Å². The molecule has 1 amide bonds. The molecule has 0 spiro atoms. The predicted molar refractivity (Wildman–Crippen MR) is 104 cm³/mol. The molecular weight excluding hydrogens is 344 g/mol. The molecule has 5 nitrogen and oxygen atoms in total. The van der Waals surface area contributed by atoms with Crippen LogP contribution in [0.25, 0.3) is 0 Å². The molecule has 3 rings (SSSR count).